The van der Waals surface area contributed by atoms with Crippen molar-refractivity contribution in [1.82, 2.24) is 0 Å². The number of hydrogen-bond acceptors (Lipinski definition) is 3. The predicted molar refractivity (Wildman–Crippen MR) is 86.5 cm³/mol. The molecule has 1 aromatic rings. The Bertz CT molecular complexity index is 640. The summed E-state index contributed by atoms with van der Waals surface area (Å²) in [7, 11) is 0.857. The highest BCUT2D eigenvalue weighted by Gasteiger charge is 2.64. The van der Waals surface area contributed by atoms with Gasteiger partial charge in [-0.3, -0.25) is 0 Å². The molecule has 0 bridgehead atoms. The Morgan fingerprint density at radius 2 is 1.83 bits per heavy atom. The lowest BCUT2D eigenvalue weighted by molar-refractivity contribution is -0.279. The first-order valence-corrected chi connectivity index (χ1v) is 8.09. The van der Waals surface area contributed by atoms with Gasteiger partial charge in [0.15, 0.2) is 0 Å². The summed E-state index contributed by atoms with van der Waals surface area (Å²) in [5.41, 5.74) is -4.04. The van der Waals surface area contributed by atoms with E-state index in [1.165, 1.54) is 24.3 Å². The Kier molecular flexibility index (Phi) is 5.16. The Morgan fingerprint density at radius 1 is 1.25 bits per heavy atom. The molecule has 1 aromatic carbocycles. The highest BCUT2D eigenvalue weighted by Crippen LogP contribution is 2.46. The molecule has 7 heteroatoms. The molecule has 2 atom stereocenters. The summed E-state index contributed by atoms with van der Waals surface area (Å²) in [6, 6.07) is 6.80. The molecule has 132 valence electrons. The topological polar surface area (TPSA) is 35.5 Å². The zero-order chi connectivity index (χ0) is 18.2. The number of esters is 1. The fraction of sp³-hybridized carbons (Fsp3) is 0.471. The molecule has 0 saturated heterocycles. The Hall–Kier alpha value is -1.34. The van der Waals surface area contributed by atoms with Crippen LogP contribution in [0.15, 0.2) is 40.9 Å². The fourth-order valence-electron chi connectivity index (χ4n) is 2.79. The minimum atomic E-state index is -4.96. The zero-order valence-corrected chi connectivity index (χ0v) is 15.1. The van der Waals surface area contributed by atoms with Crippen molar-refractivity contribution < 1.29 is 27.4 Å². The molecule has 0 aliphatic heterocycles. The third-order valence-corrected chi connectivity index (χ3v) is 4.71. The van der Waals surface area contributed by atoms with Crippen molar-refractivity contribution in [3.63, 3.8) is 0 Å². The van der Waals surface area contributed by atoms with Gasteiger partial charge in [-0.15, -0.1) is 0 Å². The molecule has 24 heavy (non-hydrogen) atoms. The van der Waals surface area contributed by atoms with E-state index in [1.54, 1.807) is 19.9 Å². The molecule has 0 heterocycles. The van der Waals surface area contributed by atoms with Crippen molar-refractivity contribution in [1.29, 1.82) is 0 Å². The van der Waals surface area contributed by atoms with Crippen molar-refractivity contribution >= 4 is 21.9 Å². The van der Waals surface area contributed by atoms with Crippen LogP contribution < -0.4 is 0 Å². The number of carbonyl (C=O) groups excluding carboxylic acids is 1. The number of hydrogen-bond donors (Lipinski definition) is 0. The number of halogens is 4. The maximum Gasteiger partial charge on any atom is 0.432 e. The van der Waals surface area contributed by atoms with Crippen molar-refractivity contribution in [2.75, 3.05) is 7.11 Å². The molecular formula is C17H18BrF3O3. The Labute approximate surface area is 147 Å². The number of alkyl halides is 3. The van der Waals surface area contributed by atoms with E-state index in [0.29, 0.717) is 6.42 Å². The van der Waals surface area contributed by atoms with E-state index in [9.17, 15) is 18.0 Å². The maximum atomic E-state index is 13.8. The zero-order valence-electron chi connectivity index (χ0n) is 13.5. The molecule has 2 rings (SSSR count). The summed E-state index contributed by atoms with van der Waals surface area (Å²) in [5.74, 6) is -1.46. The standard InChI is InChI=1S/C17H18BrF3O3/c1-15(2)10-12(18)9-13(15)24-14(22)16(23-3,17(19,20)21)11-7-5-4-6-8-11/h4-8,10,13H,9H2,1-3H3/t13-,16+/m0/s1. The van der Waals surface area contributed by atoms with E-state index < -0.39 is 29.3 Å². The summed E-state index contributed by atoms with van der Waals surface area (Å²) in [6.07, 6.45) is -3.52. The molecule has 0 unspecified atom stereocenters. The average Bonchev–Trinajstić information content (AvgIpc) is 2.72. The highest BCUT2D eigenvalue weighted by atomic mass is 79.9. The van der Waals surface area contributed by atoms with Gasteiger partial charge in [-0.25, -0.2) is 4.79 Å². The summed E-state index contributed by atoms with van der Waals surface area (Å²) < 4.78 is 52.2. The van der Waals surface area contributed by atoms with Gasteiger partial charge < -0.3 is 9.47 Å². The van der Waals surface area contributed by atoms with Crippen molar-refractivity contribution in [2.24, 2.45) is 5.41 Å². The fourth-order valence-corrected chi connectivity index (χ4v) is 3.67. The van der Waals surface area contributed by atoms with Gasteiger partial charge in [0.2, 0.25) is 0 Å². The minimum Gasteiger partial charge on any atom is -0.458 e. The van der Waals surface area contributed by atoms with Gasteiger partial charge in [0.1, 0.15) is 6.10 Å². The van der Waals surface area contributed by atoms with Gasteiger partial charge in [0.25, 0.3) is 5.60 Å². The quantitative estimate of drug-likeness (QED) is 0.679. The SMILES string of the molecule is CO[C@@](C(=O)O[C@H]1CC(Br)=CC1(C)C)(c1ccccc1)C(F)(F)F. The van der Waals surface area contributed by atoms with Crippen LogP contribution in [0.2, 0.25) is 0 Å². The number of carbonyl (C=O) groups is 1. The third-order valence-electron chi connectivity index (χ3n) is 4.16. The maximum absolute atomic E-state index is 13.8. The highest BCUT2D eigenvalue weighted by molar-refractivity contribution is 9.11. The second-order valence-corrected chi connectivity index (χ2v) is 7.28. The van der Waals surface area contributed by atoms with E-state index in [1.807, 2.05) is 6.08 Å². The van der Waals surface area contributed by atoms with Crippen molar-refractivity contribution in [3.8, 4) is 0 Å². The minimum absolute atomic E-state index is 0.312. The van der Waals surface area contributed by atoms with Crippen LogP contribution in [0.1, 0.15) is 25.8 Å². The first-order valence-electron chi connectivity index (χ1n) is 7.30. The van der Waals surface area contributed by atoms with Gasteiger partial charge in [-0.2, -0.15) is 13.2 Å². The number of ether oxygens (including phenoxy) is 2. The largest absolute Gasteiger partial charge is 0.458 e. The second kappa shape index (κ2) is 6.52. The molecule has 0 radical (unpaired) electrons. The summed E-state index contributed by atoms with van der Waals surface area (Å²) in [4.78, 5) is 12.6. The van der Waals surface area contributed by atoms with Gasteiger partial charge in [-0.1, -0.05) is 66.2 Å². The van der Waals surface area contributed by atoms with E-state index >= 15 is 0 Å². The molecule has 0 saturated carbocycles. The molecule has 0 fully saturated rings. The molecule has 1 aliphatic rings. The molecular weight excluding hydrogens is 389 g/mol. The molecule has 0 N–H and O–H groups in total. The summed E-state index contributed by atoms with van der Waals surface area (Å²) in [6.45, 7) is 3.59. The average molecular weight is 407 g/mol. The van der Waals surface area contributed by atoms with E-state index in [4.69, 9.17) is 9.47 Å². The van der Waals surface area contributed by atoms with Crippen LogP contribution in [0.4, 0.5) is 13.2 Å². The molecule has 0 aromatic heterocycles. The molecule has 0 spiro atoms. The van der Waals surface area contributed by atoms with Gasteiger partial charge in [0, 0.05) is 24.5 Å². The van der Waals surface area contributed by atoms with Gasteiger partial charge >= 0.3 is 12.1 Å². The van der Waals surface area contributed by atoms with Crippen LogP contribution >= 0.6 is 15.9 Å². The van der Waals surface area contributed by atoms with E-state index in [-0.39, 0.29) is 5.56 Å². The number of rotatable bonds is 4. The Morgan fingerprint density at radius 3 is 2.25 bits per heavy atom. The van der Waals surface area contributed by atoms with Crippen LogP contribution in [0.3, 0.4) is 0 Å². The van der Waals surface area contributed by atoms with E-state index in [2.05, 4.69) is 15.9 Å². The van der Waals surface area contributed by atoms with Gasteiger partial charge in [-0.05, 0) is 4.48 Å². The lowest BCUT2D eigenvalue weighted by atomic mass is 9.89. The second-order valence-electron chi connectivity index (χ2n) is 6.26. The number of methoxy groups -OCH3 is 1. The lowest BCUT2D eigenvalue weighted by Crippen LogP contribution is -2.53. The van der Waals surface area contributed by atoms with Crippen LogP contribution in [0, 0.1) is 5.41 Å². The summed E-state index contributed by atoms with van der Waals surface area (Å²) >= 11 is 3.31. The number of benzene rings is 1. The van der Waals surface area contributed by atoms with Crippen LogP contribution in [-0.4, -0.2) is 25.4 Å². The van der Waals surface area contributed by atoms with Crippen LogP contribution in [0.5, 0.6) is 0 Å². The normalized spacial score (nSPS) is 22.6. The lowest BCUT2D eigenvalue weighted by Gasteiger charge is -2.35. The van der Waals surface area contributed by atoms with Crippen LogP contribution in [0.25, 0.3) is 0 Å². The molecule has 1 aliphatic carbocycles. The first-order chi connectivity index (χ1) is 11.0. The summed E-state index contributed by atoms with van der Waals surface area (Å²) in [5, 5.41) is 0. The van der Waals surface area contributed by atoms with Crippen molar-refractivity contribution in [3.05, 3.63) is 46.5 Å². The van der Waals surface area contributed by atoms with E-state index in [0.717, 1.165) is 11.6 Å². The monoisotopic (exact) mass is 406 g/mol. The molecule has 3 nitrogen and oxygen atoms in total. The first kappa shape index (κ1) is 19.0. The molecule has 0 amide bonds. The smallest absolute Gasteiger partial charge is 0.432 e. The van der Waals surface area contributed by atoms with Crippen LogP contribution in [-0.2, 0) is 19.9 Å². The van der Waals surface area contributed by atoms with Gasteiger partial charge in [0.05, 0.1) is 0 Å². The third kappa shape index (κ3) is 3.24. The predicted octanol–water partition coefficient (Wildman–Crippen LogP) is 4.71. The van der Waals surface area contributed by atoms with Crippen molar-refractivity contribution in [2.45, 2.75) is 38.1 Å². The Balaban J connectivity index is 2.40.